The molecule has 1 fully saturated rings. The largest absolute Gasteiger partial charge is 0.473 e. The second-order valence-corrected chi connectivity index (χ2v) is 18.9. The molecule has 3 aromatic heterocycles. The monoisotopic (exact) mass is 839 g/mol. The SMILES string of the molecule is C[Si](C)(C)c1ccc(-c2[c-]cccc2)nc1.Fc1cc(-c2ccccc2)cc2c1oc1cc(-c3cc(CC4CCCC4)ccn3)[c-]cc12.[Ir]. The van der Waals surface area contributed by atoms with Gasteiger partial charge in [-0.15, -0.1) is 53.6 Å². The second-order valence-electron chi connectivity index (χ2n) is 13.8. The van der Waals surface area contributed by atoms with Gasteiger partial charge in [-0.05, 0) is 57.6 Å². The molecule has 1 aliphatic carbocycles. The zero-order valence-electron chi connectivity index (χ0n) is 28.1. The van der Waals surface area contributed by atoms with Crippen LogP contribution in [0.1, 0.15) is 31.2 Å². The molecule has 4 aromatic carbocycles. The van der Waals surface area contributed by atoms with Gasteiger partial charge in [0, 0.05) is 32.5 Å². The summed E-state index contributed by atoms with van der Waals surface area (Å²) >= 11 is 0. The fraction of sp³-hybridized carbons (Fsp3) is 0.209. The number of nitrogens with zero attached hydrogens (tertiary/aromatic N) is 2. The Hall–Kier alpha value is -4.22. The normalized spacial score (nSPS) is 13.2. The molecule has 0 unspecified atom stereocenters. The first-order valence-corrected chi connectivity index (χ1v) is 20.3. The maximum Gasteiger partial charge on any atom is 0.166 e. The van der Waals surface area contributed by atoms with Gasteiger partial charge < -0.3 is 14.4 Å². The zero-order valence-corrected chi connectivity index (χ0v) is 31.5. The van der Waals surface area contributed by atoms with Crippen molar-refractivity contribution in [1.82, 2.24) is 9.97 Å². The van der Waals surface area contributed by atoms with Crippen LogP contribution in [0.15, 0.2) is 120 Å². The van der Waals surface area contributed by atoms with Gasteiger partial charge in [-0.1, -0.05) is 117 Å². The topological polar surface area (TPSA) is 38.9 Å². The smallest absolute Gasteiger partial charge is 0.166 e. The van der Waals surface area contributed by atoms with E-state index in [-0.39, 0.29) is 31.5 Å². The van der Waals surface area contributed by atoms with Crippen molar-refractivity contribution in [2.75, 3.05) is 0 Å². The molecular weight excluding hydrogens is 800 g/mol. The van der Waals surface area contributed by atoms with Crippen LogP contribution in [0.2, 0.25) is 19.6 Å². The molecule has 49 heavy (non-hydrogen) atoms. The van der Waals surface area contributed by atoms with Crippen molar-refractivity contribution in [3.63, 3.8) is 0 Å². The van der Waals surface area contributed by atoms with Crippen molar-refractivity contribution in [2.45, 2.75) is 51.7 Å². The third-order valence-electron chi connectivity index (χ3n) is 9.28. The maximum absolute atomic E-state index is 14.9. The van der Waals surface area contributed by atoms with Gasteiger partial charge >= 0.3 is 0 Å². The van der Waals surface area contributed by atoms with Gasteiger partial charge in [0.05, 0.1) is 13.7 Å². The number of fused-ring (bicyclic) bond motifs is 3. The van der Waals surface area contributed by atoms with E-state index in [1.165, 1.54) is 36.4 Å². The van der Waals surface area contributed by atoms with Crippen LogP contribution in [-0.4, -0.2) is 18.0 Å². The molecule has 1 radical (unpaired) electrons. The summed E-state index contributed by atoms with van der Waals surface area (Å²) in [6.45, 7) is 7.00. The van der Waals surface area contributed by atoms with Crippen LogP contribution in [0, 0.1) is 23.9 Å². The van der Waals surface area contributed by atoms with Crippen molar-refractivity contribution in [3.8, 4) is 33.6 Å². The van der Waals surface area contributed by atoms with Crippen LogP contribution in [-0.2, 0) is 26.5 Å². The van der Waals surface area contributed by atoms with Gasteiger partial charge in [-0.3, -0.25) is 0 Å². The van der Waals surface area contributed by atoms with E-state index in [2.05, 4.69) is 66.0 Å². The minimum Gasteiger partial charge on any atom is -0.473 e. The van der Waals surface area contributed by atoms with E-state index < -0.39 is 8.07 Å². The molecule has 3 heterocycles. The first-order chi connectivity index (χ1) is 23.3. The number of halogens is 1. The van der Waals surface area contributed by atoms with E-state index in [0.717, 1.165) is 56.8 Å². The number of pyridine rings is 2. The van der Waals surface area contributed by atoms with E-state index in [1.807, 2.05) is 85.2 Å². The van der Waals surface area contributed by atoms with Crippen molar-refractivity contribution >= 4 is 35.2 Å². The van der Waals surface area contributed by atoms with E-state index in [1.54, 1.807) is 6.07 Å². The average Bonchev–Trinajstić information content (AvgIpc) is 3.77. The molecule has 6 heteroatoms. The molecule has 1 aliphatic rings. The van der Waals surface area contributed by atoms with E-state index >= 15 is 0 Å². The summed E-state index contributed by atoms with van der Waals surface area (Å²) in [7, 11) is -1.23. The number of furan rings is 1. The molecule has 0 amide bonds. The maximum atomic E-state index is 14.9. The Balaban J connectivity index is 0.000000208. The van der Waals surface area contributed by atoms with Crippen LogP contribution in [0.25, 0.3) is 55.6 Å². The van der Waals surface area contributed by atoms with Crippen molar-refractivity contribution in [2.24, 2.45) is 5.92 Å². The standard InChI is InChI=1S/C29H23FNO.C14H16NSi.Ir/c30-26-17-23(21-8-2-1-3-9-21)16-25-24-11-10-22(18-28(24)32-29(25)26)27-15-20(12-13-31-27)14-19-6-4-5-7-19;1-16(2,3)13-9-10-14(15-11-13)12-7-5-4-6-8-12;/h1-3,8-9,11-13,15-19H,4-7,14H2;4-7,9-11H,1-3H3;/q2*-1;. The molecule has 1 saturated carbocycles. The molecular formula is C43H39FIrN2OSi-2. The van der Waals surface area contributed by atoms with Crippen molar-refractivity contribution in [1.29, 1.82) is 0 Å². The molecule has 0 saturated heterocycles. The average molecular weight is 839 g/mol. The predicted octanol–water partition coefficient (Wildman–Crippen LogP) is 11.1. The first kappa shape index (κ1) is 34.6. The summed E-state index contributed by atoms with van der Waals surface area (Å²) in [4.78, 5) is 9.09. The number of hydrogen-bond donors (Lipinski definition) is 0. The van der Waals surface area contributed by atoms with Gasteiger partial charge in [0.2, 0.25) is 0 Å². The molecule has 8 rings (SSSR count). The predicted molar refractivity (Wildman–Crippen MR) is 198 cm³/mol. The molecule has 249 valence electrons. The molecule has 0 N–H and O–H groups in total. The molecule has 0 spiro atoms. The number of benzene rings is 4. The molecule has 7 aromatic rings. The quantitative estimate of drug-likeness (QED) is 0.124. The van der Waals surface area contributed by atoms with Crippen LogP contribution in [0.3, 0.4) is 0 Å². The van der Waals surface area contributed by atoms with E-state index in [9.17, 15) is 4.39 Å². The van der Waals surface area contributed by atoms with E-state index in [4.69, 9.17) is 4.42 Å². The Kier molecular flexibility index (Phi) is 10.7. The van der Waals surface area contributed by atoms with Gasteiger partial charge in [-0.2, -0.15) is 0 Å². The Morgan fingerprint density at radius 1 is 0.776 bits per heavy atom. The third-order valence-corrected chi connectivity index (χ3v) is 11.3. The van der Waals surface area contributed by atoms with Crippen molar-refractivity contribution in [3.05, 3.63) is 139 Å². The second kappa shape index (κ2) is 15.1. The Labute approximate surface area is 303 Å². The fourth-order valence-corrected chi connectivity index (χ4v) is 7.60. The number of rotatable bonds is 6. The van der Waals surface area contributed by atoms with Gasteiger partial charge in [0.25, 0.3) is 0 Å². The fourth-order valence-electron chi connectivity index (χ4n) is 6.56. The summed E-state index contributed by atoms with van der Waals surface area (Å²) in [5.41, 5.74) is 7.89. The minimum atomic E-state index is -1.23. The van der Waals surface area contributed by atoms with Gasteiger partial charge in [0.1, 0.15) is 0 Å². The molecule has 0 bridgehead atoms. The summed E-state index contributed by atoms with van der Waals surface area (Å²) in [6, 6.07) is 40.3. The molecule has 0 atom stereocenters. The van der Waals surface area contributed by atoms with Gasteiger partial charge in [0.15, 0.2) is 11.4 Å². The van der Waals surface area contributed by atoms with Crippen LogP contribution in [0.4, 0.5) is 4.39 Å². The Bertz CT molecular complexity index is 2150. The number of aromatic nitrogens is 2. The van der Waals surface area contributed by atoms with Crippen LogP contribution >= 0.6 is 0 Å². The molecule has 0 aliphatic heterocycles. The summed E-state index contributed by atoms with van der Waals surface area (Å²) < 4.78 is 20.9. The summed E-state index contributed by atoms with van der Waals surface area (Å²) in [6.07, 6.45) is 10.3. The summed E-state index contributed by atoms with van der Waals surface area (Å²) in [5.74, 6) is 0.435. The minimum absolute atomic E-state index is 0. The zero-order chi connectivity index (χ0) is 33.1. The summed E-state index contributed by atoms with van der Waals surface area (Å²) in [5, 5.41) is 3.03. The third kappa shape index (κ3) is 7.99. The first-order valence-electron chi connectivity index (χ1n) is 16.8. The van der Waals surface area contributed by atoms with Gasteiger partial charge in [-0.25, -0.2) is 4.39 Å². The van der Waals surface area contributed by atoms with Crippen LogP contribution < -0.4 is 5.19 Å². The van der Waals surface area contributed by atoms with Crippen molar-refractivity contribution < 1.29 is 28.9 Å². The van der Waals surface area contributed by atoms with Crippen LogP contribution in [0.5, 0.6) is 0 Å². The number of hydrogen-bond acceptors (Lipinski definition) is 3. The molecule has 3 nitrogen and oxygen atoms in total. The Morgan fingerprint density at radius 3 is 2.29 bits per heavy atom. The Morgan fingerprint density at radius 2 is 1.57 bits per heavy atom. The van der Waals surface area contributed by atoms with E-state index in [0.29, 0.717) is 5.58 Å².